The SMILES string of the molecule is CC(C)(C)c1cc(C=NCCNCc2ccccc2O)c(O)c(C(C)(C)C)c1. The summed E-state index contributed by atoms with van der Waals surface area (Å²) in [6.45, 7) is 14.7. The fourth-order valence-electron chi connectivity index (χ4n) is 2.95. The van der Waals surface area contributed by atoms with Gasteiger partial charge < -0.3 is 15.5 Å². The number of hydrogen-bond donors (Lipinski definition) is 3. The van der Waals surface area contributed by atoms with E-state index < -0.39 is 0 Å². The average molecular weight is 383 g/mol. The summed E-state index contributed by atoms with van der Waals surface area (Å²) in [5.74, 6) is 0.614. The monoisotopic (exact) mass is 382 g/mol. The van der Waals surface area contributed by atoms with Crippen LogP contribution in [0.1, 0.15) is 63.8 Å². The van der Waals surface area contributed by atoms with Crippen molar-refractivity contribution in [2.75, 3.05) is 13.1 Å². The molecule has 0 radical (unpaired) electrons. The van der Waals surface area contributed by atoms with Crippen molar-refractivity contribution in [2.24, 2.45) is 4.99 Å². The number of rotatable bonds is 6. The van der Waals surface area contributed by atoms with Crippen LogP contribution in [0.15, 0.2) is 41.4 Å². The van der Waals surface area contributed by atoms with E-state index in [-0.39, 0.29) is 10.8 Å². The zero-order valence-corrected chi connectivity index (χ0v) is 18.0. The van der Waals surface area contributed by atoms with Crippen LogP contribution in [0.5, 0.6) is 11.5 Å². The standard InChI is InChI=1S/C24H34N2O2/c1-23(2,3)19-13-18(22(28)20(14-19)24(4,5)6)16-26-12-11-25-15-17-9-7-8-10-21(17)27/h7-10,13-14,16,25,27-28H,11-12,15H2,1-6H3. The molecule has 0 aliphatic heterocycles. The number of aliphatic imine (C=N–C) groups is 1. The molecular formula is C24H34N2O2. The zero-order chi connectivity index (χ0) is 20.9. The third kappa shape index (κ3) is 5.83. The maximum Gasteiger partial charge on any atom is 0.128 e. The Labute approximate surface area is 169 Å². The molecule has 0 fully saturated rings. The van der Waals surface area contributed by atoms with Gasteiger partial charge in [-0.05, 0) is 28.5 Å². The van der Waals surface area contributed by atoms with Crippen molar-refractivity contribution in [3.63, 3.8) is 0 Å². The first-order valence-corrected chi connectivity index (χ1v) is 9.85. The summed E-state index contributed by atoms with van der Waals surface area (Å²) in [7, 11) is 0. The first-order chi connectivity index (χ1) is 13.0. The second-order valence-corrected chi connectivity index (χ2v) is 9.30. The first kappa shape index (κ1) is 22.0. The second kappa shape index (κ2) is 8.78. The molecule has 0 amide bonds. The van der Waals surface area contributed by atoms with Crippen LogP contribution in [0.2, 0.25) is 0 Å². The van der Waals surface area contributed by atoms with Crippen molar-refractivity contribution in [3.8, 4) is 11.5 Å². The second-order valence-electron chi connectivity index (χ2n) is 9.30. The van der Waals surface area contributed by atoms with Crippen LogP contribution in [0.25, 0.3) is 0 Å². The lowest BCUT2D eigenvalue weighted by Crippen LogP contribution is -2.18. The number of phenols is 2. The normalized spacial score (nSPS) is 12.6. The number of hydrogen-bond acceptors (Lipinski definition) is 4. The van der Waals surface area contributed by atoms with Crippen LogP contribution in [0.3, 0.4) is 0 Å². The Balaban J connectivity index is 2.07. The van der Waals surface area contributed by atoms with Crippen molar-refractivity contribution >= 4 is 6.21 Å². The molecule has 2 aromatic carbocycles. The molecule has 0 aromatic heterocycles. The minimum Gasteiger partial charge on any atom is -0.508 e. The Kier molecular flexibility index (Phi) is 6.89. The van der Waals surface area contributed by atoms with E-state index in [4.69, 9.17) is 0 Å². The smallest absolute Gasteiger partial charge is 0.128 e. The highest BCUT2D eigenvalue weighted by Gasteiger charge is 2.24. The molecule has 0 atom stereocenters. The average Bonchev–Trinajstić information content (AvgIpc) is 2.58. The van der Waals surface area contributed by atoms with E-state index in [1.165, 1.54) is 5.56 Å². The van der Waals surface area contributed by atoms with Crippen molar-refractivity contribution < 1.29 is 10.2 Å². The lowest BCUT2D eigenvalue weighted by atomic mass is 9.79. The van der Waals surface area contributed by atoms with Gasteiger partial charge in [-0.1, -0.05) is 65.8 Å². The van der Waals surface area contributed by atoms with Gasteiger partial charge in [-0.3, -0.25) is 4.99 Å². The Morgan fingerprint density at radius 3 is 2.25 bits per heavy atom. The van der Waals surface area contributed by atoms with E-state index in [0.717, 1.165) is 16.7 Å². The molecular weight excluding hydrogens is 348 g/mol. The highest BCUT2D eigenvalue weighted by molar-refractivity contribution is 5.85. The van der Waals surface area contributed by atoms with Crippen LogP contribution in [-0.4, -0.2) is 29.5 Å². The Morgan fingerprint density at radius 2 is 1.64 bits per heavy atom. The largest absolute Gasteiger partial charge is 0.508 e. The molecule has 2 aromatic rings. The summed E-state index contributed by atoms with van der Waals surface area (Å²) in [6, 6.07) is 11.5. The summed E-state index contributed by atoms with van der Waals surface area (Å²) in [4.78, 5) is 4.49. The first-order valence-electron chi connectivity index (χ1n) is 9.85. The topological polar surface area (TPSA) is 64.9 Å². The van der Waals surface area contributed by atoms with Crippen molar-refractivity contribution in [1.29, 1.82) is 0 Å². The predicted octanol–water partition coefficient (Wildman–Crippen LogP) is 4.90. The Bertz CT molecular complexity index is 827. The van der Waals surface area contributed by atoms with Gasteiger partial charge in [0.2, 0.25) is 0 Å². The van der Waals surface area contributed by atoms with Crippen LogP contribution in [0.4, 0.5) is 0 Å². The third-order valence-corrected chi connectivity index (χ3v) is 4.77. The van der Waals surface area contributed by atoms with Crippen LogP contribution in [0, 0.1) is 0 Å². The van der Waals surface area contributed by atoms with Crippen LogP contribution >= 0.6 is 0 Å². The molecule has 0 heterocycles. The van der Waals surface area contributed by atoms with Gasteiger partial charge in [0.25, 0.3) is 0 Å². The maximum atomic E-state index is 10.8. The summed E-state index contributed by atoms with van der Waals surface area (Å²) in [5, 5.41) is 23.8. The quantitative estimate of drug-likeness (QED) is 0.492. The summed E-state index contributed by atoms with van der Waals surface area (Å²) < 4.78 is 0. The summed E-state index contributed by atoms with van der Waals surface area (Å²) >= 11 is 0. The Morgan fingerprint density at radius 1 is 0.964 bits per heavy atom. The van der Waals surface area contributed by atoms with Gasteiger partial charge in [0.1, 0.15) is 11.5 Å². The molecule has 4 heteroatoms. The maximum absolute atomic E-state index is 10.8. The number of nitrogens with zero attached hydrogens (tertiary/aromatic N) is 1. The number of para-hydroxylation sites is 1. The summed E-state index contributed by atoms with van der Waals surface area (Å²) in [5.41, 5.74) is 3.62. The molecule has 0 aliphatic rings. The molecule has 28 heavy (non-hydrogen) atoms. The van der Waals surface area contributed by atoms with Gasteiger partial charge in [-0.15, -0.1) is 0 Å². The molecule has 0 saturated heterocycles. The van der Waals surface area contributed by atoms with Gasteiger partial charge in [0, 0.05) is 36.0 Å². The van der Waals surface area contributed by atoms with Gasteiger partial charge in [0.05, 0.1) is 6.54 Å². The van der Waals surface area contributed by atoms with Crippen molar-refractivity contribution in [1.82, 2.24) is 5.32 Å². The fourth-order valence-corrected chi connectivity index (χ4v) is 2.95. The van der Waals surface area contributed by atoms with E-state index in [9.17, 15) is 10.2 Å². The number of nitrogens with one attached hydrogen (secondary N) is 1. The van der Waals surface area contributed by atoms with Gasteiger partial charge in [-0.25, -0.2) is 0 Å². The van der Waals surface area contributed by atoms with Gasteiger partial charge in [-0.2, -0.15) is 0 Å². The van der Waals surface area contributed by atoms with E-state index in [0.29, 0.717) is 31.1 Å². The molecule has 4 nitrogen and oxygen atoms in total. The molecule has 0 unspecified atom stereocenters. The zero-order valence-electron chi connectivity index (χ0n) is 18.0. The molecule has 0 bridgehead atoms. The van der Waals surface area contributed by atoms with Crippen LogP contribution < -0.4 is 5.32 Å². The van der Waals surface area contributed by atoms with E-state index in [1.54, 1.807) is 12.3 Å². The van der Waals surface area contributed by atoms with Crippen molar-refractivity contribution in [2.45, 2.75) is 58.9 Å². The van der Waals surface area contributed by atoms with E-state index in [2.05, 4.69) is 57.9 Å². The fraction of sp³-hybridized carbons (Fsp3) is 0.458. The lowest BCUT2D eigenvalue weighted by molar-refractivity contribution is 0.444. The summed E-state index contributed by atoms with van der Waals surface area (Å²) in [6.07, 6.45) is 1.77. The molecule has 0 saturated carbocycles. The minimum absolute atomic E-state index is 0.00443. The number of phenolic OH excluding ortho intramolecular Hbond substituents is 2. The van der Waals surface area contributed by atoms with Gasteiger partial charge in [0.15, 0.2) is 0 Å². The highest BCUT2D eigenvalue weighted by atomic mass is 16.3. The number of benzene rings is 2. The van der Waals surface area contributed by atoms with Crippen molar-refractivity contribution in [3.05, 3.63) is 58.7 Å². The van der Waals surface area contributed by atoms with Crippen LogP contribution in [-0.2, 0) is 17.4 Å². The molecule has 0 spiro atoms. The number of aromatic hydroxyl groups is 2. The van der Waals surface area contributed by atoms with E-state index >= 15 is 0 Å². The predicted molar refractivity (Wildman–Crippen MR) is 118 cm³/mol. The minimum atomic E-state index is -0.146. The highest BCUT2D eigenvalue weighted by Crippen LogP contribution is 2.37. The van der Waals surface area contributed by atoms with Gasteiger partial charge >= 0.3 is 0 Å². The molecule has 152 valence electrons. The van der Waals surface area contributed by atoms with E-state index in [1.807, 2.05) is 24.3 Å². The molecule has 0 aliphatic carbocycles. The molecule has 3 N–H and O–H groups in total. The molecule has 2 rings (SSSR count). The lowest BCUT2D eigenvalue weighted by Gasteiger charge is -2.27. The Hall–Kier alpha value is -2.33. The third-order valence-electron chi connectivity index (χ3n) is 4.77.